The maximum atomic E-state index is 5.84. The fraction of sp³-hybridized carbons (Fsp3) is 0.273. The van der Waals surface area contributed by atoms with E-state index in [9.17, 15) is 0 Å². The molecule has 0 aliphatic rings. The second kappa shape index (κ2) is 4.63. The van der Waals surface area contributed by atoms with Gasteiger partial charge in [0.15, 0.2) is 0 Å². The van der Waals surface area contributed by atoms with Crippen molar-refractivity contribution in [3.05, 3.63) is 40.9 Å². The van der Waals surface area contributed by atoms with E-state index in [-0.39, 0.29) is 0 Å². The predicted molar refractivity (Wildman–Crippen MR) is 63.9 cm³/mol. The third-order valence-electron chi connectivity index (χ3n) is 2.22. The molecule has 2 rings (SSSR count). The number of aromatic nitrogens is 3. The van der Waals surface area contributed by atoms with Gasteiger partial charge in [0.25, 0.3) is 0 Å². The first-order valence-electron chi connectivity index (χ1n) is 5.09. The molecule has 1 aromatic heterocycles. The molecule has 0 unspecified atom stereocenters. The Bertz CT molecular complexity index is 475. The van der Waals surface area contributed by atoms with Crippen LogP contribution in [0.25, 0.3) is 5.69 Å². The molecule has 16 heavy (non-hydrogen) atoms. The SMILES string of the molecule is Cc1nc(CCN)n(-c2ccc(Cl)cc2)n1. The van der Waals surface area contributed by atoms with Gasteiger partial charge in [0.05, 0.1) is 5.69 Å². The van der Waals surface area contributed by atoms with Crippen LogP contribution in [0.1, 0.15) is 11.6 Å². The van der Waals surface area contributed by atoms with E-state index in [1.165, 1.54) is 0 Å². The first-order valence-corrected chi connectivity index (χ1v) is 5.47. The van der Waals surface area contributed by atoms with Crippen molar-refractivity contribution in [2.24, 2.45) is 5.73 Å². The van der Waals surface area contributed by atoms with E-state index in [1.54, 1.807) is 4.68 Å². The second-order valence-electron chi connectivity index (χ2n) is 3.50. The Kier molecular flexibility index (Phi) is 3.22. The fourth-order valence-electron chi connectivity index (χ4n) is 1.54. The van der Waals surface area contributed by atoms with Gasteiger partial charge in [-0.3, -0.25) is 0 Å². The lowest BCUT2D eigenvalue weighted by atomic mass is 10.3. The molecule has 0 aliphatic carbocycles. The molecule has 5 heteroatoms. The second-order valence-corrected chi connectivity index (χ2v) is 3.94. The van der Waals surface area contributed by atoms with Crippen molar-refractivity contribution in [2.75, 3.05) is 6.54 Å². The van der Waals surface area contributed by atoms with Crippen LogP contribution in [0, 0.1) is 6.92 Å². The van der Waals surface area contributed by atoms with Gasteiger partial charge in [-0.25, -0.2) is 9.67 Å². The molecule has 84 valence electrons. The van der Waals surface area contributed by atoms with E-state index in [2.05, 4.69) is 10.1 Å². The Morgan fingerprint density at radius 2 is 2.00 bits per heavy atom. The molecule has 0 spiro atoms. The smallest absolute Gasteiger partial charge is 0.148 e. The van der Waals surface area contributed by atoms with Gasteiger partial charge in [-0.15, -0.1) is 0 Å². The maximum Gasteiger partial charge on any atom is 0.148 e. The van der Waals surface area contributed by atoms with Crippen LogP contribution in [0.2, 0.25) is 5.02 Å². The van der Waals surface area contributed by atoms with Crippen LogP contribution in [-0.4, -0.2) is 21.3 Å². The Balaban J connectivity index is 2.42. The minimum atomic E-state index is 0.561. The molecule has 1 heterocycles. The minimum Gasteiger partial charge on any atom is -0.330 e. The quantitative estimate of drug-likeness (QED) is 0.883. The predicted octanol–water partition coefficient (Wildman–Crippen LogP) is 1.73. The molecule has 0 radical (unpaired) electrons. The average Bonchev–Trinajstić information content (AvgIpc) is 2.61. The Hall–Kier alpha value is -1.39. The zero-order chi connectivity index (χ0) is 11.5. The van der Waals surface area contributed by atoms with Crippen molar-refractivity contribution in [3.8, 4) is 5.69 Å². The highest BCUT2D eigenvalue weighted by molar-refractivity contribution is 6.30. The molecular formula is C11H13ClN4. The highest BCUT2D eigenvalue weighted by atomic mass is 35.5. The summed E-state index contributed by atoms with van der Waals surface area (Å²) >= 11 is 5.84. The van der Waals surface area contributed by atoms with Crippen LogP contribution in [0.15, 0.2) is 24.3 Å². The van der Waals surface area contributed by atoms with E-state index in [4.69, 9.17) is 17.3 Å². The van der Waals surface area contributed by atoms with Gasteiger partial charge >= 0.3 is 0 Å². The third-order valence-corrected chi connectivity index (χ3v) is 2.47. The first-order chi connectivity index (χ1) is 7.70. The first kappa shape index (κ1) is 11.1. The van der Waals surface area contributed by atoms with Crippen LogP contribution in [-0.2, 0) is 6.42 Å². The summed E-state index contributed by atoms with van der Waals surface area (Å²) in [6.07, 6.45) is 0.712. The van der Waals surface area contributed by atoms with Crippen LogP contribution < -0.4 is 5.73 Å². The summed E-state index contributed by atoms with van der Waals surface area (Å²) in [5, 5.41) is 5.05. The molecule has 0 atom stereocenters. The summed E-state index contributed by atoms with van der Waals surface area (Å²) in [6, 6.07) is 7.49. The summed E-state index contributed by atoms with van der Waals surface area (Å²) in [4.78, 5) is 4.34. The summed E-state index contributed by atoms with van der Waals surface area (Å²) in [6.45, 7) is 2.43. The highest BCUT2D eigenvalue weighted by Crippen LogP contribution is 2.14. The van der Waals surface area contributed by atoms with E-state index in [0.29, 0.717) is 18.0 Å². The highest BCUT2D eigenvalue weighted by Gasteiger charge is 2.08. The molecular weight excluding hydrogens is 224 g/mol. The monoisotopic (exact) mass is 236 g/mol. The standard InChI is InChI=1S/C11H13ClN4/c1-8-14-11(6-7-13)16(15-8)10-4-2-9(12)3-5-10/h2-5H,6-7,13H2,1H3. The summed E-state index contributed by atoms with van der Waals surface area (Å²) in [5.74, 6) is 1.63. The molecule has 0 bridgehead atoms. The summed E-state index contributed by atoms with van der Waals surface area (Å²) in [7, 11) is 0. The van der Waals surface area contributed by atoms with Gasteiger partial charge in [-0.2, -0.15) is 5.10 Å². The topological polar surface area (TPSA) is 56.7 Å². The van der Waals surface area contributed by atoms with Crippen LogP contribution in [0.4, 0.5) is 0 Å². The lowest BCUT2D eigenvalue weighted by Gasteiger charge is -2.04. The number of hydrogen-bond donors (Lipinski definition) is 1. The lowest BCUT2D eigenvalue weighted by Crippen LogP contribution is -2.09. The largest absolute Gasteiger partial charge is 0.330 e. The summed E-state index contributed by atoms with van der Waals surface area (Å²) in [5.41, 5.74) is 6.49. The Labute approximate surface area is 99.1 Å². The Morgan fingerprint density at radius 3 is 2.62 bits per heavy atom. The molecule has 0 aliphatic heterocycles. The maximum absolute atomic E-state index is 5.84. The van der Waals surface area contributed by atoms with Gasteiger partial charge in [-0.05, 0) is 37.7 Å². The van der Waals surface area contributed by atoms with Gasteiger partial charge in [0.1, 0.15) is 11.6 Å². The zero-order valence-corrected chi connectivity index (χ0v) is 9.78. The number of aryl methyl sites for hydroxylation is 1. The van der Waals surface area contributed by atoms with Crippen molar-refractivity contribution >= 4 is 11.6 Å². The number of nitrogens with two attached hydrogens (primary N) is 1. The molecule has 4 nitrogen and oxygen atoms in total. The van der Waals surface area contributed by atoms with Crippen molar-refractivity contribution in [3.63, 3.8) is 0 Å². The van der Waals surface area contributed by atoms with E-state index in [0.717, 1.165) is 17.3 Å². The van der Waals surface area contributed by atoms with Crippen LogP contribution in [0.3, 0.4) is 0 Å². The van der Waals surface area contributed by atoms with E-state index < -0.39 is 0 Å². The average molecular weight is 237 g/mol. The fourth-order valence-corrected chi connectivity index (χ4v) is 1.66. The van der Waals surface area contributed by atoms with Gasteiger partial charge < -0.3 is 5.73 Å². The van der Waals surface area contributed by atoms with Crippen molar-refractivity contribution in [2.45, 2.75) is 13.3 Å². The van der Waals surface area contributed by atoms with Gasteiger partial charge in [0, 0.05) is 11.4 Å². The van der Waals surface area contributed by atoms with E-state index in [1.807, 2.05) is 31.2 Å². The van der Waals surface area contributed by atoms with Crippen LogP contribution >= 0.6 is 11.6 Å². The third kappa shape index (κ3) is 2.23. The molecule has 2 N–H and O–H groups in total. The molecule has 1 aromatic carbocycles. The van der Waals surface area contributed by atoms with Gasteiger partial charge in [0.2, 0.25) is 0 Å². The number of rotatable bonds is 3. The number of benzene rings is 1. The number of halogens is 1. The van der Waals surface area contributed by atoms with Crippen molar-refractivity contribution < 1.29 is 0 Å². The molecule has 0 saturated carbocycles. The number of hydrogen-bond acceptors (Lipinski definition) is 3. The Morgan fingerprint density at radius 1 is 1.31 bits per heavy atom. The number of nitrogens with zero attached hydrogens (tertiary/aromatic N) is 3. The minimum absolute atomic E-state index is 0.561. The van der Waals surface area contributed by atoms with Crippen molar-refractivity contribution in [1.82, 2.24) is 14.8 Å². The lowest BCUT2D eigenvalue weighted by molar-refractivity contribution is 0.773. The normalized spacial score (nSPS) is 10.7. The molecule has 2 aromatic rings. The van der Waals surface area contributed by atoms with Crippen molar-refractivity contribution in [1.29, 1.82) is 0 Å². The van der Waals surface area contributed by atoms with Crippen LogP contribution in [0.5, 0.6) is 0 Å². The molecule has 0 fully saturated rings. The molecule has 0 amide bonds. The zero-order valence-electron chi connectivity index (χ0n) is 9.02. The molecule has 0 saturated heterocycles. The summed E-state index contributed by atoms with van der Waals surface area (Å²) < 4.78 is 1.80. The van der Waals surface area contributed by atoms with E-state index >= 15 is 0 Å². The van der Waals surface area contributed by atoms with Gasteiger partial charge in [-0.1, -0.05) is 11.6 Å².